The van der Waals surface area contributed by atoms with Gasteiger partial charge in [-0.25, -0.2) is 0 Å². The monoisotopic (exact) mass is 415 g/mol. The van der Waals surface area contributed by atoms with Gasteiger partial charge >= 0.3 is 0 Å². The Hall–Kier alpha value is -1.92. The summed E-state index contributed by atoms with van der Waals surface area (Å²) < 4.78 is 5.90. The van der Waals surface area contributed by atoms with E-state index in [1.807, 2.05) is 6.07 Å². The Balaban J connectivity index is 1.50. The third-order valence-electron chi connectivity index (χ3n) is 5.41. The molecule has 0 spiro atoms. The molecule has 5 nitrogen and oxygen atoms in total. The summed E-state index contributed by atoms with van der Waals surface area (Å²) in [4.78, 5) is 0. The van der Waals surface area contributed by atoms with E-state index in [0.717, 1.165) is 45.4 Å². The Bertz CT molecular complexity index is 733. The second-order valence-electron chi connectivity index (χ2n) is 8.48. The van der Waals surface area contributed by atoms with Crippen molar-refractivity contribution in [2.24, 2.45) is 0 Å². The minimum Gasteiger partial charge on any atom is -0.508 e. The molecule has 2 aromatic rings. The first-order valence-electron chi connectivity index (χ1n) is 10.9. The average Bonchev–Trinajstić information content (AvgIpc) is 2.75. The smallest absolute Gasteiger partial charge is 0.121 e. The van der Waals surface area contributed by atoms with E-state index in [0.29, 0.717) is 17.7 Å². The molecule has 0 radical (unpaired) electrons. The molecule has 0 aliphatic rings. The number of nitrogens with one attached hydrogen (secondary N) is 1. The Morgan fingerprint density at radius 1 is 1.00 bits per heavy atom. The first kappa shape index (κ1) is 24.4. The zero-order valence-corrected chi connectivity index (χ0v) is 18.3. The molecule has 2 aromatic carbocycles. The Morgan fingerprint density at radius 3 is 2.47 bits per heavy atom. The van der Waals surface area contributed by atoms with Crippen LogP contribution >= 0.6 is 0 Å². The molecule has 4 N–H and O–H groups in total. The number of aliphatic hydroxyl groups excluding tert-OH is 2. The molecule has 2 rings (SSSR count). The van der Waals surface area contributed by atoms with Crippen molar-refractivity contribution >= 4 is 0 Å². The highest BCUT2D eigenvalue weighted by Crippen LogP contribution is 2.23. The van der Waals surface area contributed by atoms with Gasteiger partial charge in [0.15, 0.2) is 0 Å². The molecular weight excluding hydrogens is 378 g/mol. The van der Waals surface area contributed by atoms with Crippen LogP contribution in [0.2, 0.25) is 0 Å². The highest BCUT2D eigenvalue weighted by atomic mass is 16.5. The lowest BCUT2D eigenvalue weighted by Gasteiger charge is -2.25. The molecule has 1 atom stereocenters. The molecular formula is C25H37NO4. The van der Waals surface area contributed by atoms with Crippen LogP contribution in [0.5, 0.6) is 5.75 Å². The van der Waals surface area contributed by atoms with Crippen molar-refractivity contribution in [3.63, 3.8) is 0 Å². The maximum atomic E-state index is 10.2. The second kappa shape index (κ2) is 12.7. The van der Waals surface area contributed by atoms with Gasteiger partial charge in [0.2, 0.25) is 0 Å². The molecule has 166 valence electrons. The summed E-state index contributed by atoms with van der Waals surface area (Å²) in [6.45, 7) is 7.00. The molecule has 0 amide bonds. The molecule has 0 aromatic heterocycles. The molecule has 0 fully saturated rings. The zero-order chi connectivity index (χ0) is 21.8. The number of hydrogen-bond donors (Lipinski definition) is 4. The number of phenols is 1. The molecule has 1 unspecified atom stereocenters. The molecule has 0 aliphatic heterocycles. The Morgan fingerprint density at radius 2 is 1.73 bits per heavy atom. The Kier molecular flexibility index (Phi) is 10.3. The van der Waals surface area contributed by atoms with E-state index in [4.69, 9.17) is 4.74 Å². The number of unbranched alkanes of at least 4 members (excludes halogenated alkanes) is 3. The highest BCUT2D eigenvalue weighted by Gasteiger charge is 2.20. The number of benzene rings is 2. The molecule has 0 saturated carbocycles. The van der Waals surface area contributed by atoms with Gasteiger partial charge < -0.3 is 25.4 Å². The van der Waals surface area contributed by atoms with Crippen molar-refractivity contribution in [1.29, 1.82) is 0 Å². The molecule has 0 heterocycles. The lowest BCUT2D eigenvalue weighted by molar-refractivity contribution is 0.0914. The summed E-state index contributed by atoms with van der Waals surface area (Å²) in [6.07, 6.45) is 3.72. The van der Waals surface area contributed by atoms with Crippen molar-refractivity contribution in [3.05, 3.63) is 65.2 Å². The van der Waals surface area contributed by atoms with Crippen LogP contribution in [0.3, 0.4) is 0 Å². The quantitative estimate of drug-likeness (QED) is 0.350. The van der Waals surface area contributed by atoms with Crippen LogP contribution in [0.4, 0.5) is 0 Å². The molecule has 0 saturated heterocycles. The third-order valence-corrected chi connectivity index (χ3v) is 5.41. The zero-order valence-electron chi connectivity index (χ0n) is 18.3. The fourth-order valence-electron chi connectivity index (χ4n) is 3.40. The van der Waals surface area contributed by atoms with E-state index in [1.165, 1.54) is 11.6 Å². The van der Waals surface area contributed by atoms with Gasteiger partial charge in [-0.1, -0.05) is 63.1 Å². The summed E-state index contributed by atoms with van der Waals surface area (Å²) in [5.74, 6) is 0.0500. The normalized spacial score (nSPS) is 12.8. The van der Waals surface area contributed by atoms with Gasteiger partial charge in [0.1, 0.15) is 5.75 Å². The lowest BCUT2D eigenvalue weighted by Crippen LogP contribution is -2.24. The lowest BCUT2D eigenvalue weighted by atomic mass is 9.86. The number of hydrogen-bond acceptors (Lipinski definition) is 5. The van der Waals surface area contributed by atoms with Gasteiger partial charge in [0.25, 0.3) is 0 Å². The minimum absolute atomic E-state index is 0.0292. The van der Waals surface area contributed by atoms with Crippen LogP contribution in [-0.4, -0.2) is 41.6 Å². The summed E-state index contributed by atoms with van der Waals surface area (Å²) in [5.41, 5.74) is 2.46. The van der Waals surface area contributed by atoms with Crippen LogP contribution < -0.4 is 5.32 Å². The van der Waals surface area contributed by atoms with E-state index in [2.05, 4.69) is 43.4 Å². The molecule has 5 heteroatoms. The van der Waals surface area contributed by atoms with Gasteiger partial charge in [-0.2, -0.15) is 0 Å². The van der Waals surface area contributed by atoms with E-state index in [9.17, 15) is 15.3 Å². The number of aliphatic hydroxyl groups is 2. The third kappa shape index (κ3) is 8.07. The van der Waals surface area contributed by atoms with Crippen LogP contribution in [0.15, 0.2) is 48.5 Å². The summed E-state index contributed by atoms with van der Waals surface area (Å²) in [5, 5.41) is 32.3. The van der Waals surface area contributed by atoms with Gasteiger partial charge in [0, 0.05) is 24.1 Å². The topological polar surface area (TPSA) is 82.0 Å². The van der Waals surface area contributed by atoms with Gasteiger partial charge in [0.05, 0.1) is 19.3 Å². The van der Waals surface area contributed by atoms with Gasteiger partial charge in [-0.05, 0) is 42.6 Å². The van der Waals surface area contributed by atoms with Crippen molar-refractivity contribution in [2.45, 2.75) is 57.7 Å². The van der Waals surface area contributed by atoms with E-state index in [1.54, 1.807) is 12.1 Å². The first-order valence-corrected chi connectivity index (χ1v) is 10.9. The summed E-state index contributed by atoms with van der Waals surface area (Å²) in [6, 6.07) is 15.3. The first-order chi connectivity index (χ1) is 14.4. The highest BCUT2D eigenvalue weighted by molar-refractivity contribution is 5.36. The number of aromatic hydroxyl groups is 1. The number of rotatable bonds is 14. The van der Waals surface area contributed by atoms with Gasteiger partial charge in [-0.3, -0.25) is 0 Å². The van der Waals surface area contributed by atoms with Crippen molar-refractivity contribution < 1.29 is 20.1 Å². The van der Waals surface area contributed by atoms with Gasteiger partial charge in [-0.15, -0.1) is 0 Å². The maximum absolute atomic E-state index is 10.2. The average molecular weight is 416 g/mol. The summed E-state index contributed by atoms with van der Waals surface area (Å²) >= 11 is 0. The predicted octanol–water partition coefficient (Wildman–Crippen LogP) is 4.06. The maximum Gasteiger partial charge on any atom is 0.121 e. The van der Waals surface area contributed by atoms with E-state index >= 15 is 0 Å². The van der Waals surface area contributed by atoms with Crippen LogP contribution in [-0.2, 0) is 16.8 Å². The Labute approximate surface area is 180 Å². The predicted molar refractivity (Wildman–Crippen MR) is 121 cm³/mol. The fraction of sp³-hybridized carbons (Fsp3) is 0.520. The summed E-state index contributed by atoms with van der Waals surface area (Å²) in [7, 11) is 0. The van der Waals surface area contributed by atoms with Crippen molar-refractivity contribution in [2.75, 3.05) is 26.3 Å². The minimum atomic E-state index is -0.655. The SMILES string of the molecule is CC(C)(COCCCCCCNCC(O)c1ccc(O)c(CO)c1)c1ccccc1. The fourth-order valence-corrected chi connectivity index (χ4v) is 3.40. The van der Waals surface area contributed by atoms with Crippen LogP contribution in [0, 0.1) is 0 Å². The molecule has 0 aliphatic carbocycles. The van der Waals surface area contributed by atoms with E-state index < -0.39 is 6.10 Å². The second-order valence-corrected chi connectivity index (χ2v) is 8.48. The number of ether oxygens (including phenoxy) is 1. The van der Waals surface area contributed by atoms with Crippen LogP contribution in [0.1, 0.15) is 62.3 Å². The van der Waals surface area contributed by atoms with Crippen molar-refractivity contribution in [3.8, 4) is 5.75 Å². The molecule has 0 bridgehead atoms. The molecule has 30 heavy (non-hydrogen) atoms. The van der Waals surface area contributed by atoms with Crippen molar-refractivity contribution in [1.82, 2.24) is 5.32 Å². The largest absolute Gasteiger partial charge is 0.508 e. The standard InChI is InChI=1S/C25H37NO4/c1-25(2,22-10-6-5-7-11-22)19-30-15-9-4-3-8-14-26-17-24(29)20-12-13-23(28)21(16-20)18-27/h5-7,10-13,16,24,26-29H,3-4,8-9,14-15,17-19H2,1-2H3. The van der Waals surface area contributed by atoms with Crippen LogP contribution in [0.25, 0.3) is 0 Å². The van der Waals surface area contributed by atoms with E-state index in [-0.39, 0.29) is 17.8 Å².